The van der Waals surface area contributed by atoms with Gasteiger partial charge < -0.3 is 5.32 Å². The van der Waals surface area contributed by atoms with Crippen molar-refractivity contribution in [2.75, 3.05) is 5.32 Å². The van der Waals surface area contributed by atoms with E-state index < -0.39 is 11.6 Å². The number of hydrogen-bond acceptors (Lipinski definition) is 3. The molecule has 7 heteroatoms. The van der Waals surface area contributed by atoms with Gasteiger partial charge in [-0.15, -0.1) is 0 Å². The zero-order valence-corrected chi connectivity index (χ0v) is 15.8. The topological polar surface area (TPSA) is 59.8 Å². The van der Waals surface area contributed by atoms with E-state index in [1.807, 2.05) is 30.3 Å². The maximum Gasteiger partial charge on any atom is 0.276 e. The second-order valence-corrected chi connectivity index (χ2v) is 7.90. The van der Waals surface area contributed by atoms with Crippen molar-refractivity contribution in [2.24, 2.45) is 5.92 Å². The Hall–Kier alpha value is -3.61. The van der Waals surface area contributed by atoms with E-state index in [0.717, 1.165) is 41.1 Å². The van der Waals surface area contributed by atoms with Gasteiger partial charge in [-0.1, -0.05) is 18.2 Å². The SMILES string of the molecule is O=C(Nc1cnc2ccccc2c1)c1nn(-c2ccc(F)cc2F)c2c1C[C@H]1C[C@@H]21. The van der Waals surface area contributed by atoms with Crippen LogP contribution < -0.4 is 5.32 Å². The van der Waals surface area contributed by atoms with Crippen LogP contribution in [0.3, 0.4) is 0 Å². The van der Waals surface area contributed by atoms with E-state index in [1.165, 1.54) is 16.8 Å². The predicted octanol–water partition coefficient (Wildman–Crippen LogP) is 4.61. The summed E-state index contributed by atoms with van der Waals surface area (Å²) in [6.07, 6.45) is 3.37. The molecule has 2 aromatic carbocycles. The number of carbonyl (C=O) groups excluding carboxylic acids is 1. The van der Waals surface area contributed by atoms with E-state index >= 15 is 0 Å². The molecule has 1 amide bonds. The third-order valence-corrected chi connectivity index (χ3v) is 5.96. The van der Waals surface area contributed by atoms with Gasteiger partial charge in [0.2, 0.25) is 0 Å². The zero-order chi connectivity index (χ0) is 20.4. The van der Waals surface area contributed by atoms with Crippen LogP contribution in [0.25, 0.3) is 16.6 Å². The van der Waals surface area contributed by atoms with E-state index in [-0.39, 0.29) is 23.2 Å². The maximum absolute atomic E-state index is 14.4. The molecule has 2 atom stereocenters. The van der Waals surface area contributed by atoms with Gasteiger partial charge in [-0.25, -0.2) is 13.5 Å². The van der Waals surface area contributed by atoms with E-state index in [2.05, 4.69) is 15.4 Å². The van der Waals surface area contributed by atoms with Gasteiger partial charge in [0.25, 0.3) is 5.91 Å². The number of halogens is 2. The van der Waals surface area contributed by atoms with Gasteiger partial charge in [0.1, 0.15) is 11.5 Å². The summed E-state index contributed by atoms with van der Waals surface area (Å²) in [6.45, 7) is 0. The van der Waals surface area contributed by atoms with Crippen LogP contribution in [-0.2, 0) is 6.42 Å². The highest BCUT2D eigenvalue weighted by molar-refractivity contribution is 6.05. The molecule has 1 fully saturated rings. The average Bonchev–Trinajstić information content (AvgIpc) is 3.24. The number of amides is 1. The van der Waals surface area contributed by atoms with Crippen LogP contribution in [0.5, 0.6) is 0 Å². The van der Waals surface area contributed by atoms with Crippen LogP contribution in [0.15, 0.2) is 54.7 Å². The summed E-state index contributed by atoms with van der Waals surface area (Å²) in [7, 11) is 0. The Labute approximate surface area is 170 Å². The summed E-state index contributed by atoms with van der Waals surface area (Å²) in [6, 6.07) is 12.9. The summed E-state index contributed by atoms with van der Waals surface area (Å²) in [5.74, 6) is -0.949. The number of anilines is 1. The number of nitrogens with zero attached hydrogens (tertiary/aromatic N) is 3. The van der Waals surface area contributed by atoms with Crippen LogP contribution in [0, 0.1) is 17.6 Å². The van der Waals surface area contributed by atoms with Crippen molar-refractivity contribution in [2.45, 2.75) is 18.8 Å². The van der Waals surface area contributed by atoms with Gasteiger partial charge in [-0.2, -0.15) is 5.10 Å². The minimum Gasteiger partial charge on any atom is -0.319 e. The maximum atomic E-state index is 14.4. The molecule has 1 saturated carbocycles. The van der Waals surface area contributed by atoms with E-state index in [0.29, 0.717) is 11.6 Å². The molecule has 6 rings (SSSR count). The van der Waals surface area contributed by atoms with Gasteiger partial charge in [0.05, 0.1) is 23.1 Å². The van der Waals surface area contributed by atoms with Crippen molar-refractivity contribution in [3.8, 4) is 5.69 Å². The van der Waals surface area contributed by atoms with Crippen LogP contribution in [0.1, 0.15) is 34.1 Å². The first-order chi connectivity index (χ1) is 14.6. The largest absolute Gasteiger partial charge is 0.319 e. The Bertz CT molecular complexity index is 1350. The fourth-order valence-electron chi connectivity index (χ4n) is 4.46. The van der Waals surface area contributed by atoms with Gasteiger partial charge in [-0.05, 0) is 43.0 Å². The lowest BCUT2D eigenvalue weighted by atomic mass is 10.1. The highest BCUT2D eigenvalue weighted by Crippen LogP contribution is 2.57. The van der Waals surface area contributed by atoms with Crippen LogP contribution in [-0.4, -0.2) is 20.7 Å². The lowest BCUT2D eigenvalue weighted by Gasteiger charge is -2.07. The monoisotopic (exact) mass is 402 g/mol. The average molecular weight is 402 g/mol. The van der Waals surface area contributed by atoms with E-state index in [9.17, 15) is 13.6 Å². The Morgan fingerprint density at radius 1 is 1.13 bits per heavy atom. The lowest BCUT2D eigenvalue weighted by Crippen LogP contribution is -2.15. The first-order valence-electron chi connectivity index (χ1n) is 9.82. The number of pyridine rings is 1. The number of para-hydroxylation sites is 1. The molecule has 0 spiro atoms. The van der Waals surface area contributed by atoms with Crippen LogP contribution in [0.2, 0.25) is 0 Å². The minimum atomic E-state index is -0.699. The molecule has 0 radical (unpaired) electrons. The summed E-state index contributed by atoms with van der Waals surface area (Å²) < 4.78 is 29.3. The number of carbonyl (C=O) groups is 1. The molecule has 0 aliphatic heterocycles. The standard InChI is InChI=1S/C23H16F2N4O/c24-14-5-6-20(18(25)10-14)29-22-16-8-13(16)9-17(22)21(28-29)23(30)27-15-7-12-3-1-2-4-19(12)26-11-15/h1-7,10-11,13,16H,8-9H2,(H,27,30)/t13-,16-/m1/s1. The number of hydrogen-bond donors (Lipinski definition) is 1. The van der Waals surface area contributed by atoms with Crippen molar-refractivity contribution >= 4 is 22.5 Å². The van der Waals surface area contributed by atoms with Crippen LogP contribution >= 0.6 is 0 Å². The van der Waals surface area contributed by atoms with Crippen molar-refractivity contribution in [3.05, 3.63) is 83.3 Å². The van der Waals surface area contributed by atoms with E-state index in [1.54, 1.807) is 6.20 Å². The highest BCUT2D eigenvalue weighted by atomic mass is 19.1. The number of benzene rings is 2. The number of fused-ring (bicyclic) bond motifs is 4. The molecule has 0 unspecified atom stereocenters. The van der Waals surface area contributed by atoms with Crippen molar-refractivity contribution < 1.29 is 13.6 Å². The molecule has 2 aromatic heterocycles. The molecule has 1 N–H and O–H groups in total. The highest BCUT2D eigenvalue weighted by Gasteiger charge is 2.50. The third kappa shape index (κ3) is 2.62. The number of aromatic nitrogens is 3. The Balaban J connectivity index is 1.39. The smallest absolute Gasteiger partial charge is 0.276 e. The van der Waals surface area contributed by atoms with E-state index in [4.69, 9.17) is 0 Å². The van der Waals surface area contributed by atoms with Crippen LogP contribution in [0.4, 0.5) is 14.5 Å². The summed E-state index contributed by atoms with van der Waals surface area (Å²) in [5.41, 5.74) is 3.57. The minimum absolute atomic E-state index is 0.159. The third-order valence-electron chi connectivity index (χ3n) is 5.96. The van der Waals surface area contributed by atoms with Crippen molar-refractivity contribution in [3.63, 3.8) is 0 Å². The molecular weight excluding hydrogens is 386 g/mol. The molecule has 0 saturated heterocycles. The molecule has 4 aromatic rings. The summed E-state index contributed by atoms with van der Waals surface area (Å²) in [5, 5.41) is 8.23. The molecule has 30 heavy (non-hydrogen) atoms. The molecule has 2 aliphatic carbocycles. The first-order valence-corrected chi connectivity index (χ1v) is 9.82. The second kappa shape index (κ2) is 6.19. The number of rotatable bonds is 3. The normalized spacial score (nSPS) is 18.9. The zero-order valence-electron chi connectivity index (χ0n) is 15.8. The molecule has 148 valence electrons. The molecule has 2 aliphatic rings. The Morgan fingerprint density at radius 2 is 2.00 bits per heavy atom. The first kappa shape index (κ1) is 17.3. The molecule has 0 bridgehead atoms. The summed E-state index contributed by atoms with van der Waals surface area (Å²) in [4.78, 5) is 17.4. The molecule has 2 heterocycles. The fourth-order valence-corrected chi connectivity index (χ4v) is 4.46. The Morgan fingerprint density at radius 3 is 2.87 bits per heavy atom. The molecular formula is C23H16F2N4O. The predicted molar refractivity (Wildman–Crippen MR) is 108 cm³/mol. The van der Waals surface area contributed by atoms with Gasteiger partial charge >= 0.3 is 0 Å². The quantitative estimate of drug-likeness (QED) is 0.544. The Kier molecular flexibility index (Phi) is 3.56. The van der Waals surface area contributed by atoms with Crippen molar-refractivity contribution in [1.82, 2.24) is 14.8 Å². The summed E-state index contributed by atoms with van der Waals surface area (Å²) >= 11 is 0. The van der Waals surface area contributed by atoms with Gasteiger partial charge in [0, 0.05) is 22.9 Å². The van der Waals surface area contributed by atoms with Crippen molar-refractivity contribution in [1.29, 1.82) is 0 Å². The second-order valence-electron chi connectivity index (χ2n) is 7.90. The lowest BCUT2D eigenvalue weighted by molar-refractivity contribution is 0.102. The molecule has 5 nitrogen and oxygen atoms in total. The fraction of sp³-hybridized carbons (Fsp3) is 0.174. The van der Waals surface area contributed by atoms with Gasteiger partial charge in [0.15, 0.2) is 11.5 Å². The van der Waals surface area contributed by atoms with Gasteiger partial charge in [-0.3, -0.25) is 9.78 Å². The number of nitrogens with one attached hydrogen (secondary N) is 1.